The number of carbonyl (C=O) groups is 3. The molecule has 0 aromatic heterocycles. The smallest absolute Gasteiger partial charge is 0.336 e. The van der Waals surface area contributed by atoms with Crippen molar-refractivity contribution in [3.8, 4) is 0 Å². The second kappa shape index (κ2) is 5.07. The van der Waals surface area contributed by atoms with Gasteiger partial charge >= 0.3 is 5.97 Å². The van der Waals surface area contributed by atoms with Crippen LogP contribution in [-0.4, -0.2) is 47.5 Å². The van der Waals surface area contributed by atoms with Gasteiger partial charge in [0.1, 0.15) is 0 Å². The minimum Gasteiger partial charge on any atom is -0.467 e. The summed E-state index contributed by atoms with van der Waals surface area (Å²) in [5.41, 5.74) is 0. The number of nitrogens with zero attached hydrogens (tertiary/aromatic N) is 1. The fourth-order valence-electron chi connectivity index (χ4n) is 1.61. The maximum Gasteiger partial charge on any atom is 0.336 e. The number of ether oxygens (including phenoxy) is 1. The summed E-state index contributed by atoms with van der Waals surface area (Å²) in [6.07, 6.45) is -0.939. The van der Waals surface area contributed by atoms with E-state index in [1.54, 1.807) is 0 Å². The van der Waals surface area contributed by atoms with Crippen LogP contribution >= 0.6 is 0 Å². The van der Waals surface area contributed by atoms with E-state index in [0.717, 1.165) is 12.0 Å². The first-order chi connectivity index (χ1) is 7.45. The van der Waals surface area contributed by atoms with Crippen molar-refractivity contribution in [2.45, 2.75) is 25.9 Å². The van der Waals surface area contributed by atoms with Gasteiger partial charge < -0.3 is 9.84 Å². The molecule has 1 unspecified atom stereocenters. The molecule has 16 heavy (non-hydrogen) atoms. The molecule has 1 aliphatic heterocycles. The zero-order chi connectivity index (χ0) is 12.3. The highest BCUT2D eigenvalue weighted by Gasteiger charge is 2.33. The predicted molar refractivity (Wildman–Crippen MR) is 53.1 cm³/mol. The molecule has 1 heterocycles. The van der Waals surface area contributed by atoms with E-state index in [1.807, 2.05) is 6.92 Å². The lowest BCUT2D eigenvalue weighted by molar-refractivity contribution is -0.157. The molecule has 1 aliphatic rings. The Labute approximate surface area is 93.2 Å². The number of rotatable bonds is 3. The first kappa shape index (κ1) is 12.6. The number of carbonyl (C=O) groups excluding carboxylic acids is 3. The molecular weight excluding hydrogens is 214 g/mol. The number of amides is 2. The van der Waals surface area contributed by atoms with Crippen molar-refractivity contribution in [3.63, 3.8) is 0 Å². The Balaban J connectivity index is 2.62. The largest absolute Gasteiger partial charge is 0.467 e. The molecule has 0 radical (unpaired) electrons. The van der Waals surface area contributed by atoms with Crippen molar-refractivity contribution in [1.29, 1.82) is 0 Å². The quantitative estimate of drug-likeness (QED) is 0.511. The number of likely N-dealkylation sites (tertiary alicyclic amines) is 1. The number of imide groups is 1. The molecule has 0 aliphatic carbocycles. The van der Waals surface area contributed by atoms with Crippen LogP contribution in [0.5, 0.6) is 0 Å². The summed E-state index contributed by atoms with van der Waals surface area (Å²) < 4.78 is 4.31. The van der Waals surface area contributed by atoms with Crippen LogP contribution in [0, 0.1) is 5.92 Å². The van der Waals surface area contributed by atoms with Crippen LogP contribution in [0.25, 0.3) is 0 Å². The Kier molecular flexibility index (Phi) is 4.00. The van der Waals surface area contributed by atoms with Gasteiger partial charge in [-0.1, -0.05) is 6.92 Å². The van der Waals surface area contributed by atoms with Gasteiger partial charge in [-0.2, -0.15) is 0 Å². The Hall–Kier alpha value is -1.43. The van der Waals surface area contributed by atoms with Crippen LogP contribution in [0.1, 0.15) is 19.8 Å². The number of methoxy groups -OCH3 is 1. The number of β-amino-alcohol motifs (C(OH)–C–C–N with tert-alkyl or cyclic N) is 1. The molecule has 1 atom stereocenters. The summed E-state index contributed by atoms with van der Waals surface area (Å²) in [6.45, 7) is 1.49. The van der Waals surface area contributed by atoms with Crippen molar-refractivity contribution >= 4 is 17.8 Å². The Morgan fingerprint density at radius 2 is 2.00 bits per heavy atom. The molecule has 2 amide bonds. The SMILES string of the molecule is COC(=O)C(O)CN1C(=O)CC(C)CC1=O. The Bertz CT molecular complexity index is 296. The van der Waals surface area contributed by atoms with Crippen LogP contribution in [0.4, 0.5) is 0 Å². The van der Waals surface area contributed by atoms with Gasteiger partial charge in [0, 0.05) is 12.8 Å². The third-order valence-electron chi connectivity index (χ3n) is 2.48. The van der Waals surface area contributed by atoms with Gasteiger partial charge in [0.25, 0.3) is 0 Å². The van der Waals surface area contributed by atoms with E-state index in [9.17, 15) is 19.5 Å². The van der Waals surface area contributed by atoms with Gasteiger partial charge in [-0.05, 0) is 5.92 Å². The predicted octanol–water partition coefficient (Wildman–Crippen LogP) is -0.695. The lowest BCUT2D eigenvalue weighted by atomic mass is 9.97. The summed E-state index contributed by atoms with van der Waals surface area (Å²) in [5, 5.41) is 9.35. The monoisotopic (exact) mass is 229 g/mol. The second-order valence-electron chi connectivity index (χ2n) is 3.95. The average molecular weight is 229 g/mol. The Morgan fingerprint density at radius 1 is 1.50 bits per heavy atom. The molecule has 1 N–H and O–H groups in total. The molecule has 1 fully saturated rings. The first-order valence-electron chi connectivity index (χ1n) is 5.04. The fourth-order valence-corrected chi connectivity index (χ4v) is 1.61. The molecule has 0 spiro atoms. The van der Waals surface area contributed by atoms with Crippen molar-refractivity contribution in [3.05, 3.63) is 0 Å². The fraction of sp³-hybridized carbons (Fsp3) is 0.700. The van der Waals surface area contributed by atoms with Gasteiger partial charge in [-0.3, -0.25) is 14.5 Å². The number of hydrogen-bond acceptors (Lipinski definition) is 5. The van der Waals surface area contributed by atoms with Gasteiger partial charge in [0.2, 0.25) is 11.8 Å². The molecular formula is C10H15NO5. The van der Waals surface area contributed by atoms with Gasteiger partial charge in [0.15, 0.2) is 6.10 Å². The molecule has 0 saturated carbocycles. The summed E-state index contributed by atoms with van der Waals surface area (Å²) in [4.78, 5) is 34.9. The highest BCUT2D eigenvalue weighted by atomic mass is 16.5. The van der Waals surface area contributed by atoms with Crippen LogP contribution < -0.4 is 0 Å². The van der Waals surface area contributed by atoms with E-state index in [1.165, 1.54) is 0 Å². The minimum atomic E-state index is -1.47. The van der Waals surface area contributed by atoms with Crippen LogP contribution in [-0.2, 0) is 19.1 Å². The van der Waals surface area contributed by atoms with Gasteiger partial charge in [-0.15, -0.1) is 0 Å². The van der Waals surface area contributed by atoms with E-state index in [2.05, 4.69) is 4.74 Å². The topological polar surface area (TPSA) is 83.9 Å². The summed E-state index contributed by atoms with van der Waals surface area (Å²) >= 11 is 0. The second-order valence-corrected chi connectivity index (χ2v) is 3.95. The van der Waals surface area contributed by atoms with Gasteiger partial charge in [0.05, 0.1) is 13.7 Å². The molecule has 0 aromatic carbocycles. The average Bonchev–Trinajstić information content (AvgIpc) is 2.21. The third kappa shape index (κ3) is 2.79. The molecule has 6 heteroatoms. The zero-order valence-electron chi connectivity index (χ0n) is 9.30. The van der Waals surface area contributed by atoms with Crippen molar-refractivity contribution < 1.29 is 24.2 Å². The maximum absolute atomic E-state index is 11.5. The standard InChI is InChI=1S/C10H15NO5/c1-6-3-8(13)11(9(14)4-6)5-7(12)10(15)16-2/h6-7,12H,3-5H2,1-2H3. The van der Waals surface area contributed by atoms with E-state index in [4.69, 9.17) is 0 Å². The lowest BCUT2D eigenvalue weighted by Crippen LogP contribution is -2.48. The molecule has 1 saturated heterocycles. The third-order valence-corrected chi connectivity index (χ3v) is 2.48. The van der Waals surface area contributed by atoms with Crippen molar-refractivity contribution in [2.24, 2.45) is 5.92 Å². The van der Waals surface area contributed by atoms with Crippen LogP contribution in [0.15, 0.2) is 0 Å². The van der Waals surface area contributed by atoms with Gasteiger partial charge in [-0.25, -0.2) is 4.79 Å². The van der Waals surface area contributed by atoms with Crippen LogP contribution in [0.2, 0.25) is 0 Å². The van der Waals surface area contributed by atoms with E-state index in [-0.39, 0.29) is 37.1 Å². The number of aliphatic hydroxyl groups is 1. The molecule has 0 bridgehead atoms. The van der Waals surface area contributed by atoms with Crippen LogP contribution in [0.3, 0.4) is 0 Å². The minimum absolute atomic E-state index is 0.0199. The molecule has 0 aromatic rings. The Morgan fingerprint density at radius 3 is 2.44 bits per heavy atom. The normalized spacial score (nSPS) is 19.8. The van der Waals surface area contributed by atoms with Crippen molar-refractivity contribution in [1.82, 2.24) is 4.90 Å². The summed E-state index contributed by atoms with van der Waals surface area (Å²) in [7, 11) is 1.13. The lowest BCUT2D eigenvalue weighted by Gasteiger charge is -2.29. The number of aliphatic hydroxyl groups excluding tert-OH is 1. The number of piperidine rings is 1. The molecule has 90 valence electrons. The number of hydrogen-bond donors (Lipinski definition) is 1. The van der Waals surface area contributed by atoms with E-state index >= 15 is 0 Å². The maximum atomic E-state index is 11.5. The first-order valence-corrected chi connectivity index (χ1v) is 5.04. The highest BCUT2D eigenvalue weighted by Crippen LogP contribution is 2.18. The summed E-state index contributed by atoms with van der Waals surface area (Å²) in [5.74, 6) is -1.54. The molecule has 1 rings (SSSR count). The summed E-state index contributed by atoms with van der Waals surface area (Å²) in [6, 6.07) is 0. The zero-order valence-corrected chi connectivity index (χ0v) is 9.30. The highest BCUT2D eigenvalue weighted by molar-refractivity contribution is 5.98. The van der Waals surface area contributed by atoms with Crippen molar-refractivity contribution in [2.75, 3.05) is 13.7 Å². The number of esters is 1. The van der Waals surface area contributed by atoms with E-state index < -0.39 is 12.1 Å². The van der Waals surface area contributed by atoms with E-state index in [0.29, 0.717) is 0 Å². The molecule has 6 nitrogen and oxygen atoms in total.